The predicted molar refractivity (Wildman–Crippen MR) is 118 cm³/mol. The summed E-state index contributed by atoms with van der Waals surface area (Å²) in [6.45, 7) is 5.13. The molecule has 2 amide bonds. The molecule has 6 nitrogen and oxygen atoms in total. The van der Waals surface area contributed by atoms with E-state index in [0.29, 0.717) is 32.0 Å². The van der Waals surface area contributed by atoms with Gasteiger partial charge in [0.25, 0.3) is 0 Å². The van der Waals surface area contributed by atoms with Gasteiger partial charge in [-0.2, -0.15) is 0 Å². The van der Waals surface area contributed by atoms with Crippen LogP contribution in [0.1, 0.15) is 50.3 Å². The van der Waals surface area contributed by atoms with Crippen LogP contribution in [0, 0.1) is 5.92 Å². The van der Waals surface area contributed by atoms with Gasteiger partial charge in [0.2, 0.25) is 5.91 Å². The molecular formula is C25H31NO5. The summed E-state index contributed by atoms with van der Waals surface area (Å²) in [7, 11) is 1.65. The first-order chi connectivity index (χ1) is 15.0. The number of benzene rings is 2. The van der Waals surface area contributed by atoms with Gasteiger partial charge in [0.05, 0.1) is 19.8 Å². The van der Waals surface area contributed by atoms with Crippen LogP contribution in [-0.4, -0.2) is 36.7 Å². The standard InChI is InChI=1S/C25H31NO5/c1-18(15-16-30-17-20-10-12-22(29-3)13-11-20)9-14-23(27)26-19(2)24(31-25(26)28)21-7-5-4-6-8-21/h4-8,10-13,18-19,24H,9,14-17H2,1-3H3/t18-,19+,24+/m0/s1. The molecule has 1 fully saturated rings. The summed E-state index contributed by atoms with van der Waals surface area (Å²) < 4.78 is 16.4. The highest BCUT2D eigenvalue weighted by Gasteiger charge is 2.42. The Bertz CT molecular complexity index is 852. The zero-order chi connectivity index (χ0) is 22.2. The average molecular weight is 426 g/mol. The van der Waals surface area contributed by atoms with E-state index in [1.165, 1.54) is 4.90 Å². The summed E-state index contributed by atoms with van der Waals surface area (Å²) in [4.78, 5) is 26.3. The summed E-state index contributed by atoms with van der Waals surface area (Å²) in [5, 5.41) is 0. The molecular weight excluding hydrogens is 394 g/mol. The minimum Gasteiger partial charge on any atom is -0.497 e. The lowest BCUT2D eigenvalue weighted by Gasteiger charge is -2.20. The van der Waals surface area contributed by atoms with E-state index in [0.717, 1.165) is 23.3 Å². The molecule has 1 saturated heterocycles. The highest BCUT2D eigenvalue weighted by molar-refractivity contribution is 5.93. The highest BCUT2D eigenvalue weighted by atomic mass is 16.6. The average Bonchev–Trinajstić information content (AvgIpc) is 3.10. The van der Waals surface area contributed by atoms with E-state index < -0.39 is 12.2 Å². The molecule has 2 aromatic carbocycles. The monoisotopic (exact) mass is 425 g/mol. The van der Waals surface area contributed by atoms with Crippen molar-refractivity contribution >= 4 is 12.0 Å². The van der Waals surface area contributed by atoms with Crippen molar-refractivity contribution in [3.63, 3.8) is 0 Å². The Kier molecular flexibility index (Phi) is 8.06. The Balaban J connectivity index is 1.39. The summed E-state index contributed by atoms with van der Waals surface area (Å²) in [6, 6.07) is 17.0. The molecule has 0 radical (unpaired) electrons. The van der Waals surface area contributed by atoms with Gasteiger partial charge in [0.15, 0.2) is 0 Å². The van der Waals surface area contributed by atoms with Crippen LogP contribution in [0.15, 0.2) is 54.6 Å². The van der Waals surface area contributed by atoms with Gasteiger partial charge in [-0.05, 0) is 48.9 Å². The summed E-state index contributed by atoms with van der Waals surface area (Å²) in [5.74, 6) is 0.967. The number of ether oxygens (including phenoxy) is 3. The minimum absolute atomic E-state index is 0.179. The minimum atomic E-state index is -0.554. The zero-order valence-electron chi connectivity index (χ0n) is 18.5. The normalized spacial score (nSPS) is 19.2. The number of rotatable bonds is 10. The van der Waals surface area contributed by atoms with Crippen LogP contribution in [0.3, 0.4) is 0 Å². The van der Waals surface area contributed by atoms with Crippen LogP contribution in [0.25, 0.3) is 0 Å². The van der Waals surface area contributed by atoms with Crippen LogP contribution in [0.2, 0.25) is 0 Å². The fourth-order valence-corrected chi connectivity index (χ4v) is 3.71. The molecule has 3 rings (SSSR count). The molecule has 1 aliphatic rings. The molecule has 2 aromatic rings. The molecule has 166 valence electrons. The maximum Gasteiger partial charge on any atom is 0.417 e. The van der Waals surface area contributed by atoms with Gasteiger partial charge in [-0.1, -0.05) is 49.4 Å². The summed E-state index contributed by atoms with van der Waals surface area (Å²) >= 11 is 0. The van der Waals surface area contributed by atoms with Crippen LogP contribution in [0.5, 0.6) is 5.75 Å². The highest BCUT2D eigenvalue weighted by Crippen LogP contribution is 2.33. The second kappa shape index (κ2) is 11.0. The van der Waals surface area contributed by atoms with Crippen molar-refractivity contribution in [2.75, 3.05) is 13.7 Å². The van der Waals surface area contributed by atoms with Crippen molar-refractivity contribution in [2.24, 2.45) is 5.92 Å². The fraction of sp³-hybridized carbons (Fsp3) is 0.440. The van der Waals surface area contributed by atoms with E-state index in [1.807, 2.05) is 61.5 Å². The molecule has 0 aliphatic carbocycles. The summed E-state index contributed by atoms with van der Waals surface area (Å²) in [5.41, 5.74) is 2.00. The predicted octanol–water partition coefficient (Wildman–Crippen LogP) is 5.13. The lowest BCUT2D eigenvalue weighted by Crippen LogP contribution is -2.37. The molecule has 0 aromatic heterocycles. The second-order valence-electron chi connectivity index (χ2n) is 8.05. The molecule has 6 heteroatoms. The third-order valence-electron chi connectivity index (χ3n) is 5.70. The molecule has 0 unspecified atom stereocenters. The maximum absolute atomic E-state index is 12.7. The molecule has 0 N–H and O–H groups in total. The first-order valence-electron chi connectivity index (χ1n) is 10.8. The van der Waals surface area contributed by atoms with Crippen LogP contribution < -0.4 is 4.74 Å². The van der Waals surface area contributed by atoms with Crippen LogP contribution in [0.4, 0.5) is 4.79 Å². The Morgan fingerprint density at radius 1 is 1.10 bits per heavy atom. The number of methoxy groups -OCH3 is 1. The number of hydrogen-bond acceptors (Lipinski definition) is 5. The lowest BCUT2D eigenvalue weighted by molar-refractivity contribution is -0.129. The first-order valence-corrected chi connectivity index (χ1v) is 10.8. The third kappa shape index (κ3) is 6.07. The van der Waals surface area contributed by atoms with E-state index in [9.17, 15) is 9.59 Å². The van der Waals surface area contributed by atoms with Crippen molar-refractivity contribution in [1.82, 2.24) is 4.90 Å². The molecule has 0 spiro atoms. The fourth-order valence-electron chi connectivity index (χ4n) is 3.71. The molecule has 0 bridgehead atoms. The van der Waals surface area contributed by atoms with Crippen LogP contribution >= 0.6 is 0 Å². The van der Waals surface area contributed by atoms with E-state index in [4.69, 9.17) is 14.2 Å². The topological polar surface area (TPSA) is 65.1 Å². The van der Waals surface area contributed by atoms with Gasteiger partial charge in [-0.3, -0.25) is 4.79 Å². The summed E-state index contributed by atoms with van der Waals surface area (Å²) in [6.07, 6.45) is 0.914. The van der Waals surface area contributed by atoms with Crippen LogP contribution in [-0.2, 0) is 20.9 Å². The largest absolute Gasteiger partial charge is 0.497 e. The number of imide groups is 1. The lowest BCUT2D eigenvalue weighted by atomic mass is 10.0. The quantitative estimate of drug-likeness (QED) is 0.494. The Morgan fingerprint density at radius 2 is 1.81 bits per heavy atom. The van der Waals surface area contributed by atoms with Gasteiger partial charge < -0.3 is 14.2 Å². The number of carbonyl (C=O) groups excluding carboxylic acids is 2. The number of carbonyl (C=O) groups is 2. The maximum atomic E-state index is 12.7. The van der Waals surface area contributed by atoms with Gasteiger partial charge in [0, 0.05) is 13.0 Å². The van der Waals surface area contributed by atoms with Crippen molar-refractivity contribution in [1.29, 1.82) is 0 Å². The molecule has 31 heavy (non-hydrogen) atoms. The molecule has 3 atom stereocenters. The van der Waals surface area contributed by atoms with E-state index >= 15 is 0 Å². The van der Waals surface area contributed by atoms with Gasteiger partial charge in [-0.25, -0.2) is 9.69 Å². The molecule has 0 saturated carbocycles. The van der Waals surface area contributed by atoms with Crippen molar-refractivity contribution in [3.05, 3.63) is 65.7 Å². The van der Waals surface area contributed by atoms with Gasteiger partial charge >= 0.3 is 6.09 Å². The Hall–Kier alpha value is -2.86. The smallest absolute Gasteiger partial charge is 0.417 e. The Labute approximate surface area is 184 Å². The van der Waals surface area contributed by atoms with E-state index in [1.54, 1.807) is 7.11 Å². The van der Waals surface area contributed by atoms with Crippen molar-refractivity contribution in [3.8, 4) is 5.75 Å². The van der Waals surface area contributed by atoms with E-state index in [2.05, 4.69) is 6.92 Å². The molecule has 1 aliphatic heterocycles. The molecule has 1 heterocycles. The van der Waals surface area contributed by atoms with Gasteiger partial charge in [0.1, 0.15) is 11.9 Å². The SMILES string of the molecule is COc1ccc(COCC[C@@H](C)CCC(=O)N2C(=O)O[C@@H](c3ccccc3)[C@H]2C)cc1. The number of hydrogen-bond donors (Lipinski definition) is 0. The third-order valence-corrected chi connectivity index (χ3v) is 5.70. The number of cyclic esters (lactones) is 1. The van der Waals surface area contributed by atoms with Gasteiger partial charge in [-0.15, -0.1) is 0 Å². The zero-order valence-corrected chi connectivity index (χ0v) is 18.5. The van der Waals surface area contributed by atoms with Crippen molar-refractivity contribution < 1.29 is 23.8 Å². The first kappa shape index (κ1) is 22.8. The number of nitrogens with zero attached hydrogens (tertiary/aromatic N) is 1. The van der Waals surface area contributed by atoms with E-state index in [-0.39, 0.29) is 11.9 Å². The second-order valence-corrected chi connectivity index (χ2v) is 8.05. The number of amides is 2. The Morgan fingerprint density at radius 3 is 2.48 bits per heavy atom. The van der Waals surface area contributed by atoms with Crippen molar-refractivity contribution in [2.45, 2.75) is 51.9 Å².